The second kappa shape index (κ2) is 6.45. The summed E-state index contributed by atoms with van der Waals surface area (Å²) in [6.07, 6.45) is 4.22. The topological polar surface area (TPSA) is 37.7 Å². The van der Waals surface area contributed by atoms with Gasteiger partial charge in [0, 0.05) is 29.9 Å². The minimum atomic E-state index is -0.276. The molecule has 2 aliphatic rings. The molecule has 0 aliphatic carbocycles. The van der Waals surface area contributed by atoms with Crippen molar-refractivity contribution in [2.24, 2.45) is 5.10 Å². The van der Waals surface area contributed by atoms with Crippen LogP contribution in [0.15, 0.2) is 96.4 Å². The van der Waals surface area contributed by atoms with Gasteiger partial charge in [0.15, 0.2) is 0 Å². The van der Waals surface area contributed by atoms with E-state index in [1.807, 2.05) is 30.5 Å². The lowest BCUT2D eigenvalue weighted by atomic mass is 9.95. The van der Waals surface area contributed by atoms with Crippen molar-refractivity contribution < 1.29 is 4.74 Å². The number of pyridine rings is 1. The van der Waals surface area contributed by atoms with Crippen LogP contribution in [0.3, 0.4) is 0 Å². The Kier molecular flexibility index (Phi) is 3.63. The van der Waals surface area contributed by atoms with Gasteiger partial charge in [0.05, 0.1) is 11.8 Å². The summed E-state index contributed by atoms with van der Waals surface area (Å²) in [4.78, 5) is 4.29. The second-order valence-electron chi connectivity index (χ2n) is 7.50. The highest BCUT2D eigenvalue weighted by atomic mass is 16.5. The van der Waals surface area contributed by atoms with Crippen LogP contribution < -0.4 is 4.74 Å². The van der Waals surface area contributed by atoms with Gasteiger partial charge in [0.2, 0.25) is 6.23 Å². The van der Waals surface area contributed by atoms with Crippen LogP contribution in [0.4, 0.5) is 0 Å². The molecule has 1 aromatic heterocycles. The number of fused-ring (bicyclic) bond motifs is 4. The fraction of sp³-hybridized carbons (Fsp3) is 0.120. The molecule has 2 atom stereocenters. The van der Waals surface area contributed by atoms with Crippen LogP contribution in [0.2, 0.25) is 0 Å². The zero-order chi connectivity index (χ0) is 19.2. The Labute approximate surface area is 169 Å². The molecule has 140 valence electrons. The summed E-state index contributed by atoms with van der Waals surface area (Å²) in [6.45, 7) is 0. The van der Waals surface area contributed by atoms with Gasteiger partial charge >= 0.3 is 0 Å². The molecule has 0 bridgehead atoms. The fourth-order valence-corrected chi connectivity index (χ4v) is 4.32. The highest BCUT2D eigenvalue weighted by Crippen LogP contribution is 2.47. The molecule has 29 heavy (non-hydrogen) atoms. The molecule has 2 aliphatic heterocycles. The Balaban J connectivity index is 1.45. The monoisotopic (exact) mass is 377 g/mol. The standard InChI is InChI=1S/C25H19N3O/c1-2-7-18-14-19(12-11-17(18)6-1)22-15-23-21-9-3-4-10-24(21)29-25(28(23)27-22)20-8-5-13-26-16-20/h1-14,16,23,25H,15H2/t23-,25+/m1/s1. The van der Waals surface area contributed by atoms with E-state index in [1.165, 1.54) is 21.9 Å². The summed E-state index contributed by atoms with van der Waals surface area (Å²) in [5, 5.41) is 9.62. The maximum atomic E-state index is 6.37. The van der Waals surface area contributed by atoms with E-state index < -0.39 is 0 Å². The minimum absolute atomic E-state index is 0.159. The molecule has 0 radical (unpaired) electrons. The predicted octanol–water partition coefficient (Wildman–Crippen LogP) is 5.48. The maximum Gasteiger partial charge on any atom is 0.215 e. The number of rotatable bonds is 2. The number of nitrogens with zero attached hydrogens (tertiary/aromatic N) is 3. The molecule has 0 saturated heterocycles. The molecular formula is C25H19N3O. The molecule has 3 heterocycles. The molecule has 0 fully saturated rings. The van der Waals surface area contributed by atoms with E-state index >= 15 is 0 Å². The molecule has 4 nitrogen and oxygen atoms in total. The van der Waals surface area contributed by atoms with Crippen molar-refractivity contribution in [3.05, 3.63) is 108 Å². The quantitative estimate of drug-likeness (QED) is 0.464. The van der Waals surface area contributed by atoms with E-state index in [4.69, 9.17) is 9.84 Å². The van der Waals surface area contributed by atoms with Gasteiger partial charge in [0.1, 0.15) is 5.75 Å². The molecule has 4 aromatic rings. The summed E-state index contributed by atoms with van der Waals surface area (Å²) in [7, 11) is 0. The molecular weight excluding hydrogens is 358 g/mol. The number of hydrogen-bond donors (Lipinski definition) is 0. The summed E-state index contributed by atoms with van der Waals surface area (Å²) in [5.74, 6) is 0.928. The predicted molar refractivity (Wildman–Crippen MR) is 114 cm³/mol. The number of para-hydroxylation sites is 1. The molecule has 6 rings (SSSR count). The largest absolute Gasteiger partial charge is 0.464 e. The van der Waals surface area contributed by atoms with Gasteiger partial charge in [-0.15, -0.1) is 0 Å². The smallest absolute Gasteiger partial charge is 0.215 e. The summed E-state index contributed by atoms with van der Waals surface area (Å²) in [6, 6.07) is 27.5. The highest BCUT2D eigenvalue weighted by Gasteiger charge is 2.40. The average Bonchev–Trinajstić information content (AvgIpc) is 3.25. The van der Waals surface area contributed by atoms with Crippen molar-refractivity contribution >= 4 is 16.5 Å². The number of ether oxygens (including phenoxy) is 1. The summed E-state index contributed by atoms with van der Waals surface area (Å²) >= 11 is 0. The lowest BCUT2D eigenvalue weighted by molar-refractivity contribution is -0.0192. The number of hydrazone groups is 1. The van der Waals surface area contributed by atoms with Gasteiger partial charge in [-0.2, -0.15) is 5.10 Å². The molecule has 0 N–H and O–H groups in total. The van der Waals surface area contributed by atoms with Crippen LogP contribution in [0.1, 0.15) is 35.4 Å². The maximum absolute atomic E-state index is 6.37. The first-order valence-corrected chi connectivity index (χ1v) is 9.87. The van der Waals surface area contributed by atoms with E-state index in [1.54, 1.807) is 6.20 Å². The van der Waals surface area contributed by atoms with Crippen LogP contribution >= 0.6 is 0 Å². The van der Waals surface area contributed by atoms with Crippen LogP contribution in [0.25, 0.3) is 10.8 Å². The third-order valence-corrected chi connectivity index (χ3v) is 5.75. The van der Waals surface area contributed by atoms with Crippen molar-refractivity contribution in [1.29, 1.82) is 0 Å². The van der Waals surface area contributed by atoms with Crippen molar-refractivity contribution in [2.75, 3.05) is 0 Å². The molecule has 0 spiro atoms. The Morgan fingerprint density at radius 1 is 0.862 bits per heavy atom. The Morgan fingerprint density at radius 3 is 2.62 bits per heavy atom. The fourth-order valence-electron chi connectivity index (χ4n) is 4.32. The van der Waals surface area contributed by atoms with Crippen LogP contribution in [0.5, 0.6) is 5.75 Å². The van der Waals surface area contributed by atoms with E-state index in [0.29, 0.717) is 0 Å². The highest BCUT2D eigenvalue weighted by molar-refractivity contribution is 6.04. The zero-order valence-electron chi connectivity index (χ0n) is 15.8. The van der Waals surface area contributed by atoms with Crippen molar-refractivity contribution in [3.63, 3.8) is 0 Å². The Morgan fingerprint density at radius 2 is 1.72 bits per heavy atom. The molecule has 4 heteroatoms. The SMILES string of the molecule is c1cncc([C@@H]2Oc3ccccc3[C@H]3CC(c4ccc5ccccc5c4)=NN32)c1. The number of benzene rings is 3. The van der Waals surface area contributed by atoms with E-state index in [0.717, 1.165) is 23.4 Å². The first-order valence-electron chi connectivity index (χ1n) is 9.87. The zero-order valence-corrected chi connectivity index (χ0v) is 15.8. The molecule has 3 aromatic carbocycles. The third-order valence-electron chi connectivity index (χ3n) is 5.75. The van der Waals surface area contributed by atoms with E-state index in [-0.39, 0.29) is 12.3 Å². The van der Waals surface area contributed by atoms with Gasteiger partial charge in [-0.3, -0.25) is 4.98 Å². The molecule has 0 unspecified atom stereocenters. The molecule has 0 saturated carbocycles. The van der Waals surface area contributed by atoms with Crippen LogP contribution in [-0.4, -0.2) is 15.7 Å². The van der Waals surface area contributed by atoms with Gasteiger partial charge in [0.25, 0.3) is 0 Å². The first kappa shape index (κ1) is 16.3. The van der Waals surface area contributed by atoms with Crippen molar-refractivity contribution in [1.82, 2.24) is 9.99 Å². The van der Waals surface area contributed by atoms with E-state index in [9.17, 15) is 0 Å². The lowest BCUT2D eigenvalue weighted by Crippen LogP contribution is -2.33. The normalized spacial score (nSPS) is 20.0. The van der Waals surface area contributed by atoms with Gasteiger partial charge in [-0.1, -0.05) is 60.7 Å². The van der Waals surface area contributed by atoms with Crippen molar-refractivity contribution in [3.8, 4) is 5.75 Å². The lowest BCUT2D eigenvalue weighted by Gasteiger charge is -2.38. The van der Waals surface area contributed by atoms with Gasteiger partial charge in [-0.05, 0) is 34.5 Å². The minimum Gasteiger partial charge on any atom is -0.464 e. The van der Waals surface area contributed by atoms with Crippen molar-refractivity contribution in [2.45, 2.75) is 18.7 Å². The second-order valence-corrected chi connectivity index (χ2v) is 7.50. The number of aromatic nitrogens is 1. The van der Waals surface area contributed by atoms with Gasteiger partial charge < -0.3 is 4.74 Å². The third kappa shape index (κ3) is 2.68. The van der Waals surface area contributed by atoms with Gasteiger partial charge in [-0.25, -0.2) is 5.01 Å². The van der Waals surface area contributed by atoms with Crippen LogP contribution in [0, 0.1) is 0 Å². The summed E-state index contributed by atoms with van der Waals surface area (Å²) < 4.78 is 6.37. The summed E-state index contributed by atoms with van der Waals surface area (Å²) in [5.41, 5.74) is 4.46. The average molecular weight is 377 g/mol. The number of hydrogen-bond acceptors (Lipinski definition) is 4. The van der Waals surface area contributed by atoms with E-state index in [2.05, 4.69) is 64.6 Å². The van der Waals surface area contributed by atoms with Crippen LogP contribution in [-0.2, 0) is 0 Å². The Hall–Kier alpha value is -3.66. The Bertz CT molecular complexity index is 1240. The first-order chi connectivity index (χ1) is 14.4. The molecule has 0 amide bonds.